The summed E-state index contributed by atoms with van der Waals surface area (Å²) in [6.45, 7) is 2.78. The molecule has 3 rings (SSSR count). The van der Waals surface area contributed by atoms with Crippen LogP contribution in [0.5, 0.6) is 0 Å². The monoisotopic (exact) mass is 263 g/mol. The molecule has 18 heavy (non-hydrogen) atoms. The fourth-order valence-corrected chi connectivity index (χ4v) is 2.18. The first kappa shape index (κ1) is 11.3. The lowest BCUT2D eigenvalue weighted by Gasteiger charge is -2.03. The number of benzene rings is 1. The minimum atomic E-state index is -0.400. The second-order valence-corrected chi connectivity index (χ2v) is 4.45. The minimum absolute atomic E-state index is 0.130. The lowest BCUT2D eigenvalue weighted by molar-refractivity contribution is 0.635. The van der Waals surface area contributed by atoms with Gasteiger partial charge in [-0.3, -0.25) is 4.68 Å². The van der Waals surface area contributed by atoms with E-state index in [9.17, 15) is 4.39 Å². The zero-order valence-electron chi connectivity index (χ0n) is 9.77. The van der Waals surface area contributed by atoms with Gasteiger partial charge in [0.15, 0.2) is 5.82 Å². The highest BCUT2D eigenvalue weighted by molar-refractivity contribution is 6.31. The summed E-state index contributed by atoms with van der Waals surface area (Å²) >= 11 is 5.83. The summed E-state index contributed by atoms with van der Waals surface area (Å²) in [5.41, 5.74) is 1.31. The lowest BCUT2D eigenvalue weighted by atomic mass is 10.2. The summed E-state index contributed by atoms with van der Waals surface area (Å²) in [5, 5.41) is 5.14. The predicted octanol–water partition coefficient (Wildman–Crippen LogP) is 3.64. The Labute approximate surface area is 108 Å². The molecule has 0 radical (unpaired) electrons. The van der Waals surface area contributed by atoms with Crippen molar-refractivity contribution >= 4 is 22.5 Å². The summed E-state index contributed by atoms with van der Waals surface area (Å²) in [5.74, 6) is -0.400. The molecule has 1 aromatic carbocycles. The molecule has 0 aliphatic carbocycles. The number of halogens is 2. The molecule has 0 amide bonds. The molecule has 0 saturated heterocycles. The van der Waals surface area contributed by atoms with Gasteiger partial charge in [0, 0.05) is 24.3 Å². The number of hydrogen-bond acceptors (Lipinski definition) is 1. The van der Waals surface area contributed by atoms with Crippen molar-refractivity contribution in [1.82, 2.24) is 14.3 Å². The second kappa shape index (κ2) is 4.14. The molecule has 0 spiro atoms. The number of fused-ring (bicyclic) bond motifs is 1. The Bertz CT molecular complexity index is 714. The molecule has 0 bridgehead atoms. The maximum Gasteiger partial charge on any atom is 0.166 e. The molecule has 0 aliphatic rings. The normalized spacial score (nSPS) is 11.3. The maximum absolute atomic E-state index is 14.1. The SMILES string of the molecule is CCn1cc(-n2ccc3ccc(Cl)c(F)c32)cn1. The van der Waals surface area contributed by atoms with Gasteiger partial charge >= 0.3 is 0 Å². The summed E-state index contributed by atoms with van der Waals surface area (Å²) in [7, 11) is 0. The summed E-state index contributed by atoms with van der Waals surface area (Å²) in [6, 6.07) is 5.23. The third kappa shape index (κ3) is 1.61. The number of aromatic nitrogens is 3. The van der Waals surface area contributed by atoms with Crippen LogP contribution in [-0.2, 0) is 6.54 Å². The van der Waals surface area contributed by atoms with Gasteiger partial charge in [-0.25, -0.2) is 4.39 Å². The van der Waals surface area contributed by atoms with Crippen LogP contribution < -0.4 is 0 Å². The smallest absolute Gasteiger partial charge is 0.166 e. The van der Waals surface area contributed by atoms with E-state index in [-0.39, 0.29) is 5.02 Å². The zero-order valence-corrected chi connectivity index (χ0v) is 10.5. The largest absolute Gasteiger partial charge is 0.311 e. The first-order valence-electron chi connectivity index (χ1n) is 5.68. The van der Waals surface area contributed by atoms with Gasteiger partial charge in [-0.1, -0.05) is 17.7 Å². The highest BCUT2D eigenvalue weighted by Gasteiger charge is 2.12. The molecule has 2 heterocycles. The lowest BCUT2D eigenvalue weighted by Crippen LogP contribution is -1.94. The van der Waals surface area contributed by atoms with Crippen LogP contribution in [0.15, 0.2) is 36.8 Å². The Hall–Kier alpha value is -1.81. The molecule has 5 heteroatoms. The van der Waals surface area contributed by atoms with Gasteiger partial charge in [-0.2, -0.15) is 5.10 Å². The van der Waals surface area contributed by atoms with Crippen molar-refractivity contribution in [2.75, 3.05) is 0 Å². The van der Waals surface area contributed by atoms with Crippen molar-refractivity contribution in [3.05, 3.63) is 47.6 Å². The van der Waals surface area contributed by atoms with Crippen LogP contribution in [0.1, 0.15) is 6.92 Å². The molecule has 92 valence electrons. The average Bonchev–Trinajstić information content (AvgIpc) is 2.99. The van der Waals surface area contributed by atoms with Crippen LogP contribution in [0.4, 0.5) is 4.39 Å². The molecule has 3 aromatic rings. The van der Waals surface area contributed by atoms with E-state index < -0.39 is 5.82 Å². The Kier molecular flexibility index (Phi) is 2.59. The molecule has 2 aromatic heterocycles. The van der Waals surface area contributed by atoms with E-state index in [0.717, 1.165) is 17.6 Å². The summed E-state index contributed by atoms with van der Waals surface area (Å²) < 4.78 is 17.6. The number of nitrogens with zero attached hydrogens (tertiary/aromatic N) is 3. The van der Waals surface area contributed by atoms with E-state index in [0.29, 0.717) is 5.52 Å². The molecule has 0 N–H and O–H groups in total. The van der Waals surface area contributed by atoms with Crippen LogP contribution in [0.3, 0.4) is 0 Å². The Morgan fingerprint density at radius 2 is 2.17 bits per heavy atom. The molecular formula is C13H11ClFN3. The topological polar surface area (TPSA) is 22.8 Å². The Morgan fingerprint density at radius 3 is 2.89 bits per heavy atom. The Morgan fingerprint density at radius 1 is 1.33 bits per heavy atom. The average molecular weight is 264 g/mol. The van der Waals surface area contributed by atoms with Crippen molar-refractivity contribution < 1.29 is 4.39 Å². The van der Waals surface area contributed by atoms with Gasteiger partial charge in [-0.05, 0) is 19.1 Å². The van der Waals surface area contributed by atoms with E-state index in [4.69, 9.17) is 11.6 Å². The first-order valence-corrected chi connectivity index (χ1v) is 6.06. The molecule has 0 saturated carbocycles. The van der Waals surface area contributed by atoms with Crippen molar-refractivity contribution in [3.63, 3.8) is 0 Å². The molecule has 0 aliphatic heterocycles. The van der Waals surface area contributed by atoms with Gasteiger partial charge in [0.25, 0.3) is 0 Å². The maximum atomic E-state index is 14.1. The summed E-state index contributed by atoms with van der Waals surface area (Å²) in [4.78, 5) is 0. The van der Waals surface area contributed by atoms with Crippen LogP contribution in [-0.4, -0.2) is 14.3 Å². The molecular weight excluding hydrogens is 253 g/mol. The second-order valence-electron chi connectivity index (χ2n) is 4.04. The van der Waals surface area contributed by atoms with Crippen molar-refractivity contribution in [2.24, 2.45) is 0 Å². The minimum Gasteiger partial charge on any atom is -0.311 e. The first-order chi connectivity index (χ1) is 8.70. The van der Waals surface area contributed by atoms with Crippen LogP contribution >= 0.6 is 11.6 Å². The van der Waals surface area contributed by atoms with Crippen LogP contribution in [0.2, 0.25) is 5.02 Å². The van der Waals surface area contributed by atoms with Gasteiger partial charge in [0.1, 0.15) is 0 Å². The highest BCUT2D eigenvalue weighted by atomic mass is 35.5. The van der Waals surface area contributed by atoms with E-state index in [2.05, 4.69) is 5.10 Å². The molecule has 0 fully saturated rings. The quantitative estimate of drug-likeness (QED) is 0.692. The fourth-order valence-electron chi connectivity index (χ4n) is 2.03. The number of hydrogen-bond donors (Lipinski definition) is 0. The van der Waals surface area contributed by atoms with Gasteiger partial charge in [0.05, 0.1) is 22.4 Å². The Balaban J connectivity index is 2.26. The fraction of sp³-hybridized carbons (Fsp3) is 0.154. The highest BCUT2D eigenvalue weighted by Crippen LogP contribution is 2.27. The van der Waals surface area contributed by atoms with Gasteiger partial charge < -0.3 is 4.57 Å². The van der Waals surface area contributed by atoms with Crippen molar-refractivity contribution in [1.29, 1.82) is 0 Å². The predicted molar refractivity (Wildman–Crippen MR) is 69.7 cm³/mol. The van der Waals surface area contributed by atoms with E-state index in [1.807, 2.05) is 31.5 Å². The molecule has 3 nitrogen and oxygen atoms in total. The van der Waals surface area contributed by atoms with Gasteiger partial charge in [-0.15, -0.1) is 0 Å². The van der Waals surface area contributed by atoms with Crippen molar-refractivity contribution in [3.8, 4) is 5.69 Å². The van der Waals surface area contributed by atoms with E-state index >= 15 is 0 Å². The molecule has 0 unspecified atom stereocenters. The third-order valence-electron chi connectivity index (χ3n) is 2.97. The van der Waals surface area contributed by atoms with E-state index in [1.165, 1.54) is 0 Å². The third-order valence-corrected chi connectivity index (χ3v) is 3.26. The van der Waals surface area contributed by atoms with Gasteiger partial charge in [0.2, 0.25) is 0 Å². The van der Waals surface area contributed by atoms with Crippen LogP contribution in [0.25, 0.3) is 16.6 Å². The van der Waals surface area contributed by atoms with Crippen molar-refractivity contribution in [2.45, 2.75) is 13.5 Å². The van der Waals surface area contributed by atoms with Crippen LogP contribution in [0, 0.1) is 5.82 Å². The standard InChI is InChI=1S/C13H11ClFN3/c1-2-17-8-10(7-16-17)18-6-5-9-3-4-11(14)12(15)13(9)18/h3-8H,2H2,1H3. The zero-order chi connectivity index (χ0) is 12.7. The summed E-state index contributed by atoms with van der Waals surface area (Å²) in [6.07, 6.45) is 5.41. The van der Waals surface area contributed by atoms with E-state index in [1.54, 1.807) is 21.5 Å². The number of rotatable bonds is 2. The molecule has 0 atom stereocenters. The number of aryl methyl sites for hydroxylation is 1.